The minimum Gasteiger partial charge on any atom is -0.484 e. The van der Waals surface area contributed by atoms with Crippen molar-refractivity contribution in [3.8, 4) is 17.0 Å². The van der Waals surface area contributed by atoms with Gasteiger partial charge >= 0.3 is 6.18 Å². The number of methoxy groups -OCH3 is 1. The number of nitrogens with one attached hydrogen (secondary N) is 1. The molecule has 2 aliphatic rings. The van der Waals surface area contributed by atoms with E-state index in [4.69, 9.17) is 14.2 Å². The summed E-state index contributed by atoms with van der Waals surface area (Å²) in [5, 5.41) is 3.26. The number of hydrogen-bond donors (Lipinski definition) is 1. The molecule has 0 bridgehead atoms. The summed E-state index contributed by atoms with van der Waals surface area (Å²) in [6.45, 7) is 0.594. The second-order valence-corrected chi connectivity index (χ2v) is 7.84. The van der Waals surface area contributed by atoms with Crippen molar-refractivity contribution < 1.29 is 27.4 Å². The van der Waals surface area contributed by atoms with Gasteiger partial charge in [0.2, 0.25) is 0 Å². The highest BCUT2D eigenvalue weighted by atomic mass is 19.4. The molecular formula is C22H25F3N2O4. The summed E-state index contributed by atoms with van der Waals surface area (Å²) in [4.78, 5) is 12.7. The van der Waals surface area contributed by atoms with Gasteiger partial charge in [0.05, 0.1) is 18.4 Å². The molecule has 1 fully saturated rings. The van der Waals surface area contributed by atoms with Crippen molar-refractivity contribution in [2.24, 2.45) is 0 Å². The molecule has 1 aromatic heterocycles. The Labute approximate surface area is 177 Å². The maximum absolute atomic E-state index is 12.7. The van der Waals surface area contributed by atoms with Crippen molar-refractivity contribution in [1.82, 2.24) is 4.57 Å². The van der Waals surface area contributed by atoms with Crippen LogP contribution in [0, 0.1) is 0 Å². The number of pyridine rings is 1. The Hall–Kier alpha value is -2.52. The molecular weight excluding hydrogens is 413 g/mol. The number of ether oxygens (including phenoxy) is 3. The van der Waals surface area contributed by atoms with Gasteiger partial charge in [-0.15, -0.1) is 0 Å². The molecule has 3 heterocycles. The lowest BCUT2D eigenvalue weighted by Gasteiger charge is -2.25. The van der Waals surface area contributed by atoms with Crippen molar-refractivity contribution in [3.63, 3.8) is 0 Å². The van der Waals surface area contributed by atoms with Gasteiger partial charge in [-0.1, -0.05) is 0 Å². The van der Waals surface area contributed by atoms with Gasteiger partial charge in [0.15, 0.2) is 6.61 Å². The molecule has 2 aliphatic heterocycles. The van der Waals surface area contributed by atoms with E-state index in [0.29, 0.717) is 42.0 Å². The van der Waals surface area contributed by atoms with Gasteiger partial charge in [0.25, 0.3) is 5.56 Å². The molecule has 9 heteroatoms. The van der Waals surface area contributed by atoms with Gasteiger partial charge in [-0.25, -0.2) is 0 Å². The summed E-state index contributed by atoms with van der Waals surface area (Å²) in [5.41, 5.74) is 3.36. The SMILES string of the molecule is COCc1cc2c(cc1OCC(F)(F)F)-c1cc(NCC3CCCO3)cc(=O)n1CC2. The first kappa shape index (κ1) is 21.7. The van der Waals surface area contributed by atoms with E-state index in [2.05, 4.69) is 5.32 Å². The Balaban J connectivity index is 1.68. The van der Waals surface area contributed by atoms with E-state index < -0.39 is 12.8 Å². The minimum absolute atomic E-state index is 0.108. The minimum atomic E-state index is -4.45. The average Bonchev–Trinajstić information content (AvgIpc) is 3.24. The van der Waals surface area contributed by atoms with Crippen LogP contribution >= 0.6 is 0 Å². The Morgan fingerprint density at radius 1 is 1.26 bits per heavy atom. The summed E-state index contributed by atoms with van der Waals surface area (Å²) < 4.78 is 55.7. The van der Waals surface area contributed by atoms with Crippen LogP contribution in [-0.4, -0.2) is 43.7 Å². The quantitative estimate of drug-likeness (QED) is 0.714. The zero-order valence-corrected chi connectivity index (χ0v) is 17.3. The number of aryl methyl sites for hydroxylation is 1. The molecule has 0 spiro atoms. The third-order valence-electron chi connectivity index (χ3n) is 5.54. The number of aromatic nitrogens is 1. The highest BCUT2D eigenvalue weighted by molar-refractivity contribution is 5.71. The predicted octanol–water partition coefficient (Wildman–Crippen LogP) is 3.75. The maximum atomic E-state index is 12.7. The van der Waals surface area contributed by atoms with Crippen molar-refractivity contribution in [1.29, 1.82) is 0 Å². The molecule has 31 heavy (non-hydrogen) atoms. The van der Waals surface area contributed by atoms with Crippen LogP contribution in [0.5, 0.6) is 5.75 Å². The number of rotatable bonds is 7. The van der Waals surface area contributed by atoms with E-state index in [1.807, 2.05) is 12.1 Å². The lowest BCUT2D eigenvalue weighted by Crippen LogP contribution is -2.27. The molecule has 1 atom stereocenters. The standard InChI is InChI=1S/C22H25F3N2O4/c1-29-12-15-7-14-4-5-27-19(18(14)10-20(15)31-13-22(23,24)25)8-16(9-21(27)28)26-11-17-3-2-6-30-17/h7-10,17,26H,2-6,11-13H2,1H3. The van der Waals surface area contributed by atoms with E-state index in [0.717, 1.165) is 25.0 Å². The largest absolute Gasteiger partial charge is 0.484 e. The van der Waals surface area contributed by atoms with Crippen molar-refractivity contribution in [2.45, 2.75) is 44.7 Å². The Bertz CT molecular complexity index is 997. The fourth-order valence-corrected chi connectivity index (χ4v) is 4.10. The normalized spacial score (nSPS) is 17.9. The number of hydrogen-bond acceptors (Lipinski definition) is 5. The van der Waals surface area contributed by atoms with Crippen molar-refractivity contribution >= 4 is 5.69 Å². The monoisotopic (exact) mass is 438 g/mol. The van der Waals surface area contributed by atoms with E-state index in [9.17, 15) is 18.0 Å². The lowest BCUT2D eigenvalue weighted by atomic mass is 9.94. The second kappa shape index (κ2) is 8.92. The van der Waals surface area contributed by atoms with E-state index in [-0.39, 0.29) is 24.0 Å². The smallest absolute Gasteiger partial charge is 0.422 e. The Morgan fingerprint density at radius 3 is 2.81 bits per heavy atom. The van der Waals surface area contributed by atoms with Crippen molar-refractivity contribution in [3.05, 3.63) is 45.7 Å². The molecule has 1 saturated heterocycles. The van der Waals surface area contributed by atoms with Gasteiger partial charge in [-0.05, 0) is 43.0 Å². The third kappa shape index (κ3) is 5.04. The number of anilines is 1. The van der Waals surface area contributed by atoms with Gasteiger partial charge < -0.3 is 24.1 Å². The average molecular weight is 438 g/mol. The molecule has 0 radical (unpaired) electrons. The van der Waals surface area contributed by atoms with Crippen LogP contribution in [0.25, 0.3) is 11.3 Å². The molecule has 2 aromatic rings. The molecule has 1 unspecified atom stereocenters. The molecule has 1 N–H and O–H groups in total. The molecule has 1 aromatic carbocycles. The zero-order chi connectivity index (χ0) is 22.0. The first-order valence-electron chi connectivity index (χ1n) is 10.3. The number of benzene rings is 1. The van der Waals surface area contributed by atoms with E-state index in [1.165, 1.54) is 7.11 Å². The number of alkyl halides is 3. The molecule has 168 valence electrons. The fraction of sp³-hybridized carbons (Fsp3) is 0.500. The van der Waals surface area contributed by atoms with Crippen LogP contribution in [0.2, 0.25) is 0 Å². The van der Waals surface area contributed by atoms with E-state index in [1.54, 1.807) is 16.7 Å². The molecule has 6 nitrogen and oxygen atoms in total. The van der Waals surface area contributed by atoms with Crippen LogP contribution < -0.4 is 15.6 Å². The molecule has 4 rings (SSSR count). The predicted molar refractivity (Wildman–Crippen MR) is 110 cm³/mol. The van der Waals surface area contributed by atoms with Crippen LogP contribution in [0.3, 0.4) is 0 Å². The van der Waals surface area contributed by atoms with Crippen LogP contribution in [0.4, 0.5) is 18.9 Å². The first-order chi connectivity index (χ1) is 14.8. The summed E-state index contributed by atoms with van der Waals surface area (Å²) in [6.07, 6.45) is -1.74. The number of fused-ring (bicyclic) bond motifs is 3. The van der Waals surface area contributed by atoms with E-state index >= 15 is 0 Å². The maximum Gasteiger partial charge on any atom is 0.422 e. The highest BCUT2D eigenvalue weighted by Crippen LogP contribution is 2.36. The first-order valence-corrected chi connectivity index (χ1v) is 10.3. The molecule has 0 saturated carbocycles. The Morgan fingerprint density at radius 2 is 2.10 bits per heavy atom. The van der Waals surface area contributed by atoms with Crippen molar-refractivity contribution in [2.75, 3.05) is 32.2 Å². The second-order valence-electron chi connectivity index (χ2n) is 7.84. The molecule has 0 aliphatic carbocycles. The summed E-state index contributed by atoms with van der Waals surface area (Å²) >= 11 is 0. The van der Waals surface area contributed by atoms with Gasteiger partial charge in [0, 0.05) is 49.7 Å². The zero-order valence-electron chi connectivity index (χ0n) is 17.3. The summed E-state index contributed by atoms with van der Waals surface area (Å²) in [5.74, 6) is 0.108. The van der Waals surface area contributed by atoms with Crippen LogP contribution in [0.15, 0.2) is 29.1 Å². The van der Waals surface area contributed by atoms with Gasteiger partial charge in [-0.3, -0.25) is 4.79 Å². The topological polar surface area (TPSA) is 61.7 Å². The van der Waals surface area contributed by atoms with Crippen LogP contribution in [-0.2, 0) is 29.0 Å². The third-order valence-corrected chi connectivity index (χ3v) is 5.54. The number of halogens is 3. The lowest BCUT2D eigenvalue weighted by molar-refractivity contribution is -0.153. The van der Waals surface area contributed by atoms with Crippen LogP contribution in [0.1, 0.15) is 24.0 Å². The molecule has 0 amide bonds. The summed E-state index contributed by atoms with van der Waals surface area (Å²) in [6, 6.07) is 6.80. The highest BCUT2D eigenvalue weighted by Gasteiger charge is 2.29. The fourth-order valence-electron chi connectivity index (χ4n) is 4.10. The Kier molecular flexibility index (Phi) is 6.24. The summed E-state index contributed by atoms with van der Waals surface area (Å²) in [7, 11) is 1.48. The van der Waals surface area contributed by atoms with Gasteiger partial charge in [0.1, 0.15) is 5.75 Å². The number of nitrogens with zero attached hydrogens (tertiary/aromatic N) is 1. The van der Waals surface area contributed by atoms with Gasteiger partial charge in [-0.2, -0.15) is 13.2 Å².